The standard InChI is InChI=1S/C32H51N5O8/c1-10-12-20(24(39)27(41)34-15-21(38)44-17-18-13-11-14-33-18)35-26(40)23-22-19(32(22,8)9)16-37(23)28(42)25(30(2,3)4)36-29(43)45-31(5,6)7/h10,18-20,22-23,25,33H,1,11-17H2,2-9H3,(H,34,41)(H,35,40)(H,36,43)/t18?,19?,20?,22?,23-,25+/m0/s1. The predicted molar refractivity (Wildman–Crippen MR) is 166 cm³/mol. The average molecular weight is 634 g/mol. The molecule has 13 heteroatoms. The molecule has 1 aliphatic carbocycles. The zero-order valence-corrected chi connectivity index (χ0v) is 27.9. The maximum absolute atomic E-state index is 14.0. The van der Waals surface area contributed by atoms with Gasteiger partial charge in [-0.1, -0.05) is 40.7 Å². The summed E-state index contributed by atoms with van der Waals surface area (Å²) in [5.41, 5.74) is -1.71. The highest BCUT2D eigenvalue weighted by Gasteiger charge is 2.70. The van der Waals surface area contributed by atoms with Crippen LogP contribution in [0.15, 0.2) is 12.7 Å². The van der Waals surface area contributed by atoms with E-state index in [0.29, 0.717) is 6.54 Å². The van der Waals surface area contributed by atoms with E-state index in [1.54, 1.807) is 20.8 Å². The van der Waals surface area contributed by atoms with Crippen molar-refractivity contribution in [3.05, 3.63) is 12.7 Å². The summed E-state index contributed by atoms with van der Waals surface area (Å²) in [6, 6.07) is -3.11. The molecule has 4 N–H and O–H groups in total. The lowest BCUT2D eigenvalue weighted by atomic mass is 9.85. The highest BCUT2D eigenvalue weighted by molar-refractivity contribution is 6.38. The molecule has 2 saturated heterocycles. The fourth-order valence-corrected chi connectivity index (χ4v) is 6.25. The molecule has 0 aromatic carbocycles. The number of carbonyl (C=O) groups is 6. The van der Waals surface area contributed by atoms with Gasteiger partial charge in [-0.15, -0.1) is 6.58 Å². The number of ether oxygens (including phenoxy) is 2. The number of alkyl carbamates (subject to hydrolysis) is 1. The van der Waals surface area contributed by atoms with Crippen LogP contribution >= 0.6 is 0 Å². The molecule has 3 fully saturated rings. The van der Waals surface area contributed by atoms with Crippen LogP contribution < -0.4 is 21.3 Å². The summed E-state index contributed by atoms with van der Waals surface area (Å²) in [5.74, 6) is -3.83. The number of esters is 1. The number of ketones is 1. The summed E-state index contributed by atoms with van der Waals surface area (Å²) in [5, 5.41) is 10.8. The van der Waals surface area contributed by atoms with Gasteiger partial charge in [0.15, 0.2) is 0 Å². The molecular formula is C32H51N5O8. The average Bonchev–Trinajstić information content (AvgIpc) is 3.36. The van der Waals surface area contributed by atoms with Crippen molar-refractivity contribution in [3.63, 3.8) is 0 Å². The van der Waals surface area contributed by atoms with Crippen LogP contribution in [0.4, 0.5) is 4.79 Å². The highest BCUT2D eigenvalue weighted by atomic mass is 16.6. The third-order valence-corrected chi connectivity index (χ3v) is 8.79. The first-order valence-corrected chi connectivity index (χ1v) is 15.7. The minimum atomic E-state index is -1.26. The number of amides is 4. The van der Waals surface area contributed by atoms with Gasteiger partial charge in [0.2, 0.25) is 17.6 Å². The zero-order valence-electron chi connectivity index (χ0n) is 27.9. The summed E-state index contributed by atoms with van der Waals surface area (Å²) in [6.07, 6.45) is 2.50. The van der Waals surface area contributed by atoms with Crippen molar-refractivity contribution in [1.82, 2.24) is 26.2 Å². The van der Waals surface area contributed by atoms with Crippen LogP contribution in [0.1, 0.15) is 74.7 Å². The number of hydrogen-bond donors (Lipinski definition) is 4. The third-order valence-electron chi connectivity index (χ3n) is 8.79. The Morgan fingerprint density at radius 3 is 2.29 bits per heavy atom. The number of piperidine rings is 1. The lowest BCUT2D eigenvalue weighted by Gasteiger charge is -2.38. The Morgan fingerprint density at radius 1 is 1.07 bits per heavy atom. The van der Waals surface area contributed by atoms with Crippen LogP contribution in [0.25, 0.3) is 0 Å². The molecule has 1 saturated carbocycles. The Bertz CT molecular complexity index is 1180. The summed E-state index contributed by atoms with van der Waals surface area (Å²) in [6.45, 7) is 19.1. The first-order chi connectivity index (χ1) is 20.8. The molecule has 2 heterocycles. The lowest BCUT2D eigenvalue weighted by molar-refractivity contribution is -0.146. The molecule has 3 aliphatic rings. The van der Waals surface area contributed by atoms with Gasteiger partial charge in [0.25, 0.3) is 5.91 Å². The molecule has 0 aromatic heterocycles. The van der Waals surface area contributed by atoms with E-state index < -0.39 is 71.3 Å². The number of Topliss-reactive ketones (excluding diaryl/α,β-unsaturated/α-hetero) is 1. The van der Waals surface area contributed by atoms with Crippen molar-refractivity contribution in [2.75, 3.05) is 26.2 Å². The number of nitrogens with one attached hydrogen (secondary N) is 4. The van der Waals surface area contributed by atoms with Gasteiger partial charge in [-0.05, 0) is 69.2 Å². The maximum atomic E-state index is 14.0. The number of rotatable bonds is 12. The molecule has 45 heavy (non-hydrogen) atoms. The Morgan fingerprint density at radius 2 is 1.73 bits per heavy atom. The van der Waals surface area contributed by atoms with E-state index in [2.05, 4.69) is 27.8 Å². The van der Waals surface area contributed by atoms with Crippen LogP contribution in [0.3, 0.4) is 0 Å². The van der Waals surface area contributed by atoms with Gasteiger partial charge in [0.05, 0.1) is 0 Å². The lowest BCUT2D eigenvalue weighted by Crippen LogP contribution is -2.60. The van der Waals surface area contributed by atoms with Gasteiger partial charge in [0, 0.05) is 12.6 Å². The molecule has 4 unspecified atom stereocenters. The second-order valence-electron chi connectivity index (χ2n) is 14.9. The van der Waals surface area contributed by atoms with Gasteiger partial charge in [-0.3, -0.25) is 24.0 Å². The summed E-state index contributed by atoms with van der Waals surface area (Å²) >= 11 is 0. The molecule has 13 nitrogen and oxygen atoms in total. The smallest absolute Gasteiger partial charge is 0.408 e. The van der Waals surface area contributed by atoms with Crippen LogP contribution in [0, 0.1) is 22.7 Å². The second-order valence-corrected chi connectivity index (χ2v) is 14.9. The molecule has 0 radical (unpaired) electrons. The number of fused-ring (bicyclic) bond motifs is 1. The Balaban J connectivity index is 1.70. The van der Waals surface area contributed by atoms with Crippen molar-refractivity contribution in [1.29, 1.82) is 0 Å². The first kappa shape index (κ1) is 36.0. The third kappa shape index (κ3) is 9.05. The van der Waals surface area contributed by atoms with Gasteiger partial charge < -0.3 is 35.6 Å². The van der Waals surface area contributed by atoms with Crippen molar-refractivity contribution in [3.8, 4) is 0 Å². The van der Waals surface area contributed by atoms with Gasteiger partial charge in [0.1, 0.15) is 36.9 Å². The van der Waals surface area contributed by atoms with E-state index >= 15 is 0 Å². The molecule has 6 atom stereocenters. The van der Waals surface area contributed by atoms with Gasteiger partial charge in [-0.25, -0.2) is 4.79 Å². The minimum Gasteiger partial charge on any atom is -0.463 e. The fraction of sp³-hybridized carbons (Fsp3) is 0.750. The molecule has 0 bridgehead atoms. The molecule has 0 aromatic rings. The molecule has 4 amide bonds. The first-order valence-electron chi connectivity index (χ1n) is 15.7. The maximum Gasteiger partial charge on any atom is 0.408 e. The van der Waals surface area contributed by atoms with E-state index in [1.807, 2.05) is 34.6 Å². The quantitative estimate of drug-likeness (QED) is 0.141. The van der Waals surface area contributed by atoms with Crippen molar-refractivity contribution >= 4 is 35.6 Å². The van der Waals surface area contributed by atoms with Crippen LogP contribution in [-0.2, 0) is 33.4 Å². The van der Waals surface area contributed by atoms with E-state index in [4.69, 9.17) is 9.47 Å². The van der Waals surface area contributed by atoms with Crippen molar-refractivity contribution in [2.45, 2.75) is 104 Å². The van der Waals surface area contributed by atoms with E-state index in [1.165, 1.54) is 11.0 Å². The monoisotopic (exact) mass is 633 g/mol. The van der Waals surface area contributed by atoms with E-state index in [0.717, 1.165) is 19.4 Å². The van der Waals surface area contributed by atoms with E-state index in [9.17, 15) is 28.8 Å². The molecule has 3 rings (SSSR count). The normalized spacial score (nSPS) is 24.8. The number of likely N-dealkylation sites (tertiary alicyclic amines) is 1. The molecule has 0 spiro atoms. The number of nitrogens with zero attached hydrogens (tertiary/aromatic N) is 1. The SMILES string of the molecule is C=CCC(NC(=O)[C@@H]1C2C(CN1C(=O)[C@@H](NC(=O)OC(C)(C)C)C(C)(C)C)C2(C)C)C(=O)C(=O)NCC(=O)OCC1CCCN1. The largest absolute Gasteiger partial charge is 0.463 e. The topological polar surface area (TPSA) is 172 Å². The van der Waals surface area contributed by atoms with Crippen LogP contribution in [-0.4, -0.2) is 96.5 Å². The number of carbonyl (C=O) groups excluding carboxylic acids is 6. The van der Waals surface area contributed by atoms with Gasteiger partial charge >= 0.3 is 12.1 Å². The fourth-order valence-electron chi connectivity index (χ4n) is 6.25. The Labute approximate surface area is 266 Å². The Kier molecular flexibility index (Phi) is 11.1. The zero-order chi connectivity index (χ0) is 33.9. The molecule has 252 valence electrons. The second kappa shape index (κ2) is 13.9. The highest BCUT2D eigenvalue weighted by Crippen LogP contribution is 2.65. The summed E-state index contributed by atoms with van der Waals surface area (Å²) in [4.78, 5) is 79.9. The van der Waals surface area contributed by atoms with Crippen molar-refractivity contribution < 1.29 is 38.2 Å². The van der Waals surface area contributed by atoms with Crippen molar-refractivity contribution in [2.24, 2.45) is 22.7 Å². The predicted octanol–water partition coefficient (Wildman–Crippen LogP) is 1.45. The van der Waals surface area contributed by atoms with Crippen LogP contribution in [0.2, 0.25) is 0 Å². The van der Waals surface area contributed by atoms with Gasteiger partial charge in [-0.2, -0.15) is 0 Å². The van der Waals surface area contributed by atoms with Crippen LogP contribution in [0.5, 0.6) is 0 Å². The Hall–Kier alpha value is -3.48. The number of hydrogen-bond acceptors (Lipinski definition) is 9. The summed E-state index contributed by atoms with van der Waals surface area (Å²) in [7, 11) is 0. The van der Waals surface area contributed by atoms with E-state index in [-0.39, 0.29) is 36.3 Å². The molecule has 2 aliphatic heterocycles. The molecular weight excluding hydrogens is 582 g/mol. The summed E-state index contributed by atoms with van der Waals surface area (Å²) < 4.78 is 10.6. The minimum absolute atomic E-state index is 0.0429.